The minimum atomic E-state index is 0.270. The monoisotopic (exact) mass is 267 g/mol. The summed E-state index contributed by atoms with van der Waals surface area (Å²) in [6.45, 7) is 0. The number of nitrogens with zero attached hydrogens (tertiary/aromatic N) is 3. The zero-order chi connectivity index (χ0) is 12.5. The lowest BCUT2D eigenvalue weighted by Gasteiger charge is -2.46. The van der Waals surface area contributed by atoms with Crippen molar-refractivity contribution in [2.24, 2.45) is 0 Å². The van der Waals surface area contributed by atoms with E-state index in [4.69, 9.17) is 16.3 Å². The first-order valence-electron chi connectivity index (χ1n) is 6.60. The van der Waals surface area contributed by atoms with Gasteiger partial charge in [-0.15, -0.1) is 10.2 Å². The highest BCUT2D eigenvalue weighted by atomic mass is 35.5. The van der Waals surface area contributed by atoms with E-state index in [0.29, 0.717) is 23.1 Å². The van der Waals surface area contributed by atoms with Crippen molar-refractivity contribution in [3.8, 4) is 5.88 Å². The van der Waals surface area contributed by atoms with Crippen LogP contribution in [-0.4, -0.2) is 40.3 Å². The van der Waals surface area contributed by atoms with E-state index >= 15 is 0 Å². The van der Waals surface area contributed by atoms with Crippen LogP contribution < -0.4 is 4.74 Å². The highest BCUT2D eigenvalue weighted by molar-refractivity contribution is 6.29. The summed E-state index contributed by atoms with van der Waals surface area (Å²) in [4.78, 5) is 2.52. The quantitative estimate of drug-likeness (QED) is 0.825. The Morgan fingerprint density at radius 3 is 2.56 bits per heavy atom. The van der Waals surface area contributed by atoms with Crippen LogP contribution in [0.1, 0.15) is 32.1 Å². The van der Waals surface area contributed by atoms with E-state index in [0.717, 1.165) is 12.8 Å². The van der Waals surface area contributed by atoms with Crippen LogP contribution in [0.3, 0.4) is 0 Å². The zero-order valence-corrected chi connectivity index (χ0v) is 11.3. The summed E-state index contributed by atoms with van der Waals surface area (Å²) in [6, 6.07) is 4.86. The average molecular weight is 268 g/mol. The number of ether oxygens (including phenoxy) is 1. The van der Waals surface area contributed by atoms with Crippen molar-refractivity contribution in [3.63, 3.8) is 0 Å². The highest BCUT2D eigenvalue weighted by Gasteiger charge is 2.36. The average Bonchev–Trinajstić information content (AvgIpc) is 2.33. The lowest BCUT2D eigenvalue weighted by Crippen LogP contribution is -2.52. The topological polar surface area (TPSA) is 38.2 Å². The maximum absolute atomic E-state index is 5.94. The van der Waals surface area contributed by atoms with Gasteiger partial charge in [-0.25, -0.2) is 0 Å². The van der Waals surface area contributed by atoms with Crippen molar-refractivity contribution in [2.75, 3.05) is 7.05 Å². The van der Waals surface area contributed by atoms with Crippen molar-refractivity contribution in [1.82, 2.24) is 15.1 Å². The molecule has 2 saturated heterocycles. The minimum Gasteiger partial charge on any atom is -0.473 e. The van der Waals surface area contributed by atoms with Crippen LogP contribution in [0.2, 0.25) is 5.15 Å². The van der Waals surface area contributed by atoms with E-state index in [1.165, 1.54) is 19.3 Å². The molecule has 5 heteroatoms. The molecule has 1 aromatic heterocycles. The lowest BCUT2D eigenvalue weighted by molar-refractivity contribution is -0.00175. The van der Waals surface area contributed by atoms with Gasteiger partial charge in [0.05, 0.1) is 0 Å². The van der Waals surface area contributed by atoms with E-state index < -0.39 is 0 Å². The van der Waals surface area contributed by atoms with E-state index in [1.54, 1.807) is 12.1 Å². The molecule has 4 nitrogen and oxygen atoms in total. The first kappa shape index (κ1) is 12.2. The summed E-state index contributed by atoms with van der Waals surface area (Å²) in [6.07, 6.45) is 6.40. The third-order valence-electron chi connectivity index (χ3n) is 4.19. The molecule has 0 radical (unpaired) electrons. The number of fused-ring (bicyclic) bond motifs is 2. The second kappa shape index (κ2) is 5.02. The summed E-state index contributed by atoms with van der Waals surface area (Å²) in [5.41, 5.74) is 0. The number of hydrogen-bond acceptors (Lipinski definition) is 4. The molecule has 3 atom stereocenters. The molecule has 0 aromatic carbocycles. The van der Waals surface area contributed by atoms with Gasteiger partial charge in [-0.2, -0.15) is 0 Å². The van der Waals surface area contributed by atoms with Crippen LogP contribution in [0, 0.1) is 0 Å². The van der Waals surface area contributed by atoms with Gasteiger partial charge in [0.2, 0.25) is 5.88 Å². The Balaban J connectivity index is 1.66. The number of hydrogen-bond donors (Lipinski definition) is 0. The molecule has 0 aliphatic carbocycles. The van der Waals surface area contributed by atoms with Crippen molar-refractivity contribution in [3.05, 3.63) is 17.3 Å². The molecule has 98 valence electrons. The molecule has 18 heavy (non-hydrogen) atoms. The highest BCUT2D eigenvalue weighted by Crippen LogP contribution is 2.34. The Hall–Kier alpha value is -0.870. The van der Waals surface area contributed by atoms with Gasteiger partial charge < -0.3 is 9.64 Å². The number of halogens is 1. The third-order valence-corrected chi connectivity index (χ3v) is 4.39. The van der Waals surface area contributed by atoms with Crippen LogP contribution in [-0.2, 0) is 0 Å². The van der Waals surface area contributed by atoms with Gasteiger partial charge in [0.15, 0.2) is 5.15 Å². The maximum atomic E-state index is 5.94. The van der Waals surface area contributed by atoms with Crippen molar-refractivity contribution < 1.29 is 4.74 Å². The minimum absolute atomic E-state index is 0.270. The fourth-order valence-corrected chi connectivity index (χ4v) is 3.30. The Bertz CT molecular complexity index is 397. The van der Waals surface area contributed by atoms with E-state index in [-0.39, 0.29) is 6.10 Å². The van der Waals surface area contributed by atoms with Gasteiger partial charge in [0, 0.05) is 18.2 Å². The van der Waals surface area contributed by atoms with E-state index in [9.17, 15) is 0 Å². The standard InChI is InChI=1S/C13H18ClN3O/c1-17-9-3-2-4-10(17)8-11(7-9)18-13-6-5-12(14)15-16-13/h5-6,9-11H,2-4,7-8H2,1H3/t9-,10+,11+. The van der Waals surface area contributed by atoms with Gasteiger partial charge in [-0.05, 0) is 38.8 Å². The normalized spacial score (nSPS) is 32.2. The van der Waals surface area contributed by atoms with Gasteiger partial charge >= 0.3 is 0 Å². The Kier molecular flexibility index (Phi) is 3.39. The number of aromatic nitrogens is 2. The van der Waals surface area contributed by atoms with Crippen LogP contribution in [0.4, 0.5) is 0 Å². The maximum Gasteiger partial charge on any atom is 0.233 e. The number of piperidine rings is 2. The molecule has 1 aromatic rings. The van der Waals surface area contributed by atoms with Gasteiger partial charge in [-0.3, -0.25) is 0 Å². The largest absolute Gasteiger partial charge is 0.473 e. The third kappa shape index (κ3) is 2.45. The van der Waals surface area contributed by atoms with Crippen LogP contribution in [0.15, 0.2) is 12.1 Å². The Labute approximate surface area is 112 Å². The second-order valence-corrected chi connectivity index (χ2v) is 5.70. The van der Waals surface area contributed by atoms with E-state index in [2.05, 4.69) is 22.1 Å². The molecule has 0 saturated carbocycles. The smallest absolute Gasteiger partial charge is 0.233 e. The zero-order valence-electron chi connectivity index (χ0n) is 10.6. The molecular weight excluding hydrogens is 250 g/mol. The summed E-state index contributed by atoms with van der Waals surface area (Å²) in [5, 5.41) is 8.18. The van der Waals surface area contributed by atoms with Crippen LogP contribution in [0.5, 0.6) is 5.88 Å². The summed E-state index contributed by atoms with van der Waals surface area (Å²) >= 11 is 5.72. The van der Waals surface area contributed by atoms with Gasteiger partial charge in [0.25, 0.3) is 0 Å². The molecular formula is C13H18ClN3O. The Morgan fingerprint density at radius 1 is 1.22 bits per heavy atom. The first-order chi connectivity index (χ1) is 8.72. The molecule has 2 aliphatic rings. The molecule has 2 bridgehead atoms. The molecule has 2 fully saturated rings. The van der Waals surface area contributed by atoms with Crippen molar-refractivity contribution >= 4 is 11.6 Å². The summed E-state index contributed by atoms with van der Waals surface area (Å²) in [5.74, 6) is 0.590. The first-order valence-corrected chi connectivity index (χ1v) is 6.98. The molecule has 2 aliphatic heterocycles. The summed E-state index contributed by atoms with van der Waals surface area (Å²) < 4.78 is 5.94. The lowest BCUT2D eigenvalue weighted by atomic mass is 9.83. The van der Waals surface area contributed by atoms with Crippen LogP contribution >= 0.6 is 11.6 Å². The number of rotatable bonds is 2. The molecule has 0 spiro atoms. The van der Waals surface area contributed by atoms with Gasteiger partial charge in [-0.1, -0.05) is 18.0 Å². The predicted molar refractivity (Wildman–Crippen MR) is 69.9 cm³/mol. The van der Waals surface area contributed by atoms with Crippen LogP contribution in [0.25, 0.3) is 0 Å². The Morgan fingerprint density at radius 2 is 1.94 bits per heavy atom. The molecule has 3 heterocycles. The molecule has 0 N–H and O–H groups in total. The molecule has 0 amide bonds. The SMILES string of the molecule is CN1[C@@H]2CCC[C@H]1C[C@@H](Oc1ccc(Cl)nn1)C2. The molecule has 0 unspecified atom stereocenters. The van der Waals surface area contributed by atoms with E-state index in [1.807, 2.05) is 0 Å². The predicted octanol–water partition coefficient (Wildman–Crippen LogP) is 2.52. The fourth-order valence-electron chi connectivity index (χ4n) is 3.20. The fraction of sp³-hybridized carbons (Fsp3) is 0.692. The summed E-state index contributed by atoms with van der Waals surface area (Å²) in [7, 11) is 2.24. The molecule has 3 rings (SSSR count). The van der Waals surface area contributed by atoms with Gasteiger partial charge in [0.1, 0.15) is 6.10 Å². The van der Waals surface area contributed by atoms with Crippen molar-refractivity contribution in [1.29, 1.82) is 0 Å². The second-order valence-electron chi connectivity index (χ2n) is 5.31. The van der Waals surface area contributed by atoms with Crippen molar-refractivity contribution in [2.45, 2.75) is 50.3 Å².